The van der Waals surface area contributed by atoms with Crippen LogP contribution in [-0.4, -0.2) is 5.78 Å². The van der Waals surface area contributed by atoms with E-state index in [2.05, 4.69) is 6.58 Å². The number of allylic oxidation sites excluding steroid dienone is 1. The van der Waals surface area contributed by atoms with Crippen molar-refractivity contribution >= 4 is 17.1 Å². The summed E-state index contributed by atoms with van der Waals surface area (Å²) in [6, 6.07) is 2.05. The highest BCUT2D eigenvalue weighted by molar-refractivity contribution is 7.10. The van der Waals surface area contributed by atoms with Crippen molar-refractivity contribution in [1.29, 1.82) is 0 Å². The molecule has 0 radical (unpaired) electrons. The van der Waals surface area contributed by atoms with Gasteiger partial charge in [-0.3, -0.25) is 4.79 Å². The Balaban J connectivity index is 2.64. The second kappa shape index (κ2) is 3.68. The van der Waals surface area contributed by atoms with Crippen LogP contribution in [0, 0.1) is 6.92 Å². The molecule has 1 aromatic heterocycles. The molecule has 64 valence electrons. The van der Waals surface area contributed by atoms with Crippen molar-refractivity contribution in [2.75, 3.05) is 0 Å². The topological polar surface area (TPSA) is 17.1 Å². The molecule has 0 unspecified atom stereocenters. The van der Waals surface area contributed by atoms with E-state index in [-0.39, 0.29) is 5.78 Å². The minimum absolute atomic E-state index is 0.132. The fraction of sp³-hybridized carbons (Fsp3) is 0.300. The van der Waals surface area contributed by atoms with Gasteiger partial charge in [0, 0.05) is 11.3 Å². The normalized spacial score (nSPS) is 9.83. The third-order valence-electron chi connectivity index (χ3n) is 1.63. The Hall–Kier alpha value is -0.890. The van der Waals surface area contributed by atoms with Crippen LogP contribution in [0.3, 0.4) is 0 Å². The molecule has 1 aromatic rings. The van der Waals surface area contributed by atoms with Crippen LogP contribution >= 0.6 is 11.3 Å². The van der Waals surface area contributed by atoms with Crippen LogP contribution in [0.2, 0.25) is 0 Å². The van der Waals surface area contributed by atoms with Crippen LogP contribution in [-0.2, 0) is 11.2 Å². The van der Waals surface area contributed by atoms with Crippen molar-refractivity contribution in [1.82, 2.24) is 0 Å². The summed E-state index contributed by atoms with van der Waals surface area (Å²) in [5.74, 6) is 0.132. The molecule has 0 aliphatic rings. The number of Topliss-reactive ketones (excluding diaryl/α,β-unsaturated/α-hetero) is 1. The standard InChI is InChI=1S/C10H12OS/c1-7(2)10(11)5-9-4-8(3)12-6-9/h4,6H,1,5H2,2-3H3. The Morgan fingerprint density at radius 3 is 2.75 bits per heavy atom. The molecule has 0 saturated carbocycles. The van der Waals surface area contributed by atoms with E-state index in [9.17, 15) is 4.79 Å². The highest BCUT2D eigenvalue weighted by Crippen LogP contribution is 2.14. The average molecular weight is 180 g/mol. The fourth-order valence-corrected chi connectivity index (χ4v) is 1.63. The van der Waals surface area contributed by atoms with Crippen molar-refractivity contribution in [3.8, 4) is 0 Å². The maximum atomic E-state index is 11.2. The first-order chi connectivity index (χ1) is 5.59. The number of ketones is 1. The van der Waals surface area contributed by atoms with Crippen LogP contribution in [0.25, 0.3) is 0 Å². The fourth-order valence-electron chi connectivity index (χ4n) is 0.927. The molecule has 1 rings (SSSR count). The lowest BCUT2D eigenvalue weighted by atomic mass is 10.1. The number of hydrogen-bond acceptors (Lipinski definition) is 2. The number of aryl methyl sites for hydroxylation is 1. The lowest BCUT2D eigenvalue weighted by Crippen LogP contribution is -2.01. The van der Waals surface area contributed by atoms with Crippen molar-refractivity contribution in [2.24, 2.45) is 0 Å². The summed E-state index contributed by atoms with van der Waals surface area (Å²) in [5.41, 5.74) is 1.74. The third kappa shape index (κ3) is 2.31. The molecule has 0 N–H and O–H groups in total. The first-order valence-electron chi connectivity index (χ1n) is 3.82. The monoisotopic (exact) mass is 180 g/mol. The van der Waals surface area contributed by atoms with Gasteiger partial charge in [0.25, 0.3) is 0 Å². The Morgan fingerprint density at radius 2 is 2.33 bits per heavy atom. The van der Waals surface area contributed by atoms with E-state index < -0.39 is 0 Å². The summed E-state index contributed by atoms with van der Waals surface area (Å²) < 4.78 is 0. The van der Waals surface area contributed by atoms with E-state index in [0.717, 1.165) is 5.56 Å². The van der Waals surface area contributed by atoms with Gasteiger partial charge in [0.1, 0.15) is 0 Å². The molecule has 0 fully saturated rings. The van der Waals surface area contributed by atoms with E-state index in [4.69, 9.17) is 0 Å². The largest absolute Gasteiger partial charge is 0.294 e. The predicted molar refractivity (Wildman–Crippen MR) is 52.6 cm³/mol. The zero-order valence-electron chi connectivity index (χ0n) is 7.39. The Morgan fingerprint density at radius 1 is 1.67 bits per heavy atom. The molecular weight excluding hydrogens is 168 g/mol. The number of carbonyl (C=O) groups is 1. The van der Waals surface area contributed by atoms with Crippen molar-refractivity contribution in [3.63, 3.8) is 0 Å². The first kappa shape index (κ1) is 9.20. The molecule has 0 spiro atoms. The molecule has 0 amide bonds. The minimum Gasteiger partial charge on any atom is -0.294 e. The van der Waals surface area contributed by atoms with E-state index in [1.54, 1.807) is 18.3 Å². The molecule has 0 saturated heterocycles. The lowest BCUT2D eigenvalue weighted by Gasteiger charge is -1.95. The van der Waals surface area contributed by atoms with Crippen molar-refractivity contribution in [2.45, 2.75) is 20.3 Å². The van der Waals surface area contributed by atoms with E-state index >= 15 is 0 Å². The number of hydrogen-bond donors (Lipinski definition) is 0. The molecule has 0 aromatic carbocycles. The highest BCUT2D eigenvalue weighted by atomic mass is 32.1. The molecule has 0 bridgehead atoms. The Kier molecular flexibility index (Phi) is 2.82. The summed E-state index contributed by atoms with van der Waals surface area (Å²) in [5, 5.41) is 2.02. The van der Waals surface area contributed by atoms with Crippen molar-refractivity contribution < 1.29 is 4.79 Å². The van der Waals surface area contributed by atoms with Gasteiger partial charge in [0.2, 0.25) is 0 Å². The molecule has 0 aliphatic carbocycles. The Labute approximate surface area is 76.7 Å². The first-order valence-corrected chi connectivity index (χ1v) is 4.70. The molecule has 12 heavy (non-hydrogen) atoms. The quantitative estimate of drug-likeness (QED) is 0.654. The maximum absolute atomic E-state index is 11.2. The molecule has 1 nitrogen and oxygen atoms in total. The van der Waals surface area contributed by atoms with Crippen LogP contribution in [0.1, 0.15) is 17.4 Å². The van der Waals surface area contributed by atoms with Crippen LogP contribution in [0.15, 0.2) is 23.6 Å². The van der Waals surface area contributed by atoms with Gasteiger partial charge in [-0.15, -0.1) is 11.3 Å². The lowest BCUT2D eigenvalue weighted by molar-refractivity contribution is -0.114. The summed E-state index contributed by atoms with van der Waals surface area (Å²) in [4.78, 5) is 12.5. The summed E-state index contributed by atoms with van der Waals surface area (Å²) in [6.07, 6.45) is 0.500. The number of rotatable bonds is 3. The summed E-state index contributed by atoms with van der Waals surface area (Å²) in [6.45, 7) is 7.40. The van der Waals surface area contributed by atoms with Crippen LogP contribution in [0.5, 0.6) is 0 Å². The SMILES string of the molecule is C=C(C)C(=O)Cc1csc(C)c1. The van der Waals surface area contributed by atoms with Crippen LogP contribution in [0.4, 0.5) is 0 Å². The summed E-state index contributed by atoms with van der Waals surface area (Å²) in [7, 11) is 0. The van der Waals surface area contributed by atoms with E-state index in [1.807, 2.05) is 18.4 Å². The van der Waals surface area contributed by atoms with Gasteiger partial charge in [-0.25, -0.2) is 0 Å². The molecular formula is C10H12OS. The van der Waals surface area contributed by atoms with E-state index in [1.165, 1.54) is 4.88 Å². The van der Waals surface area contributed by atoms with Crippen molar-refractivity contribution in [3.05, 3.63) is 34.0 Å². The van der Waals surface area contributed by atoms with Crippen LogP contribution < -0.4 is 0 Å². The molecule has 2 heteroatoms. The second-order valence-corrected chi connectivity index (χ2v) is 4.06. The number of carbonyl (C=O) groups excluding carboxylic acids is 1. The van der Waals surface area contributed by atoms with Gasteiger partial charge in [-0.2, -0.15) is 0 Å². The van der Waals surface area contributed by atoms with Gasteiger partial charge in [-0.1, -0.05) is 6.58 Å². The van der Waals surface area contributed by atoms with Gasteiger partial charge >= 0.3 is 0 Å². The minimum atomic E-state index is 0.132. The molecule has 0 atom stereocenters. The van der Waals surface area contributed by atoms with Gasteiger partial charge < -0.3 is 0 Å². The highest BCUT2D eigenvalue weighted by Gasteiger charge is 2.04. The maximum Gasteiger partial charge on any atom is 0.162 e. The number of thiophene rings is 1. The Bertz CT molecular complexity index is 309. The van der Waals surface area contributed by atoms with Gasteiger partial charge in [0.15, 0.2) is 5.78 Å². The average Bonchev–Trinajstić information content (AvgIpc) is 2.35. The van der Waals surface area contributed by atoms with Gasteiger partial charge in [0.05, 0.1) is 0 Å². The molecule has 0 aliphatic heterocycles. The van der Waals surface area contributed by atoms with Gasteiger partial charge in [-0.05, 0) is 36.4 Å². The zero-order valence-corrected chi connectivity index (χ0v) is 8.20. The molecule has 1 heterocycles. The van der Waals surface area contributed by atoms with E-state index in [0.29, 0.717) is 12.0 Å². The zero-order chi connectivity index (χ0) is 9.14. The summed E-state index contributed by atoms with van der Waals surface area (Å²) >= 11 is 1.68. The predicted octanol–water partition coefficient (Wildman–Crippen LogP) is 2.74. The second-order valence-electron chi connectivity index (χ2n) is 2.95. The smallest absolute Gasteiger partial charge is 0.162 e. The third-order valence-corrected chi connectivity index (χ3v) is 2.54.